The molecule has 0 radical (unpaired) electrons. The molecule has 1 unspecified atom stereocenters. The molecule has 4 aromatic rings. The number of hydrogen-bond donors (Lipinski definition) is 1. The lowest BCUT2D eigenvalue weighted by Gasteiger charge is -2.15. The van der Waals surface area contributed by atoms with Crippen molar-refractivity contribution in [3.63, 3.8) is 0 Å². The van der Waals surface area contributed by atoms with Crippen molar-refractivity contribution in [1.29, 1.82) is 0 Å². The van der Waals surface area contributed by atoms with E-state index in [1.54, 1.807) is 22.9 Å². The molecule has 0 aliphatic carbocycles. The summed E-state index contributed by atoms with van der Waals surface area (Å²) < 4.78 is 7.73. The summed E-state index contributed by atoms with van der Waals surface area (Å²) in [5.41, 5.74) is 3.62. The third-order valence-corrected chi connectivity index (χ3v) is 5.30. The molecule has 168 valence electrons. The molecule has 0 saturated carbocycles. The Morgan fingerprint density at radius 2 is 1.73 bits per heavy atom. The van der Waals surface area contributed by atoms with Crippen molar-refractivity contribution in [3.05, 3.63) is 89.5 Å². The van der Waals surface area contributed by atoms with Gasteiger partial charge in [0.15, 0.2) is 5.82 Å². The van der Waals surface area contributed by atoms with Crippen molar-refractivity contribution < 1.29 is 9.53 Å². The number of carbonyl (C=O) groups is 1. The zero-order valence-electron chi connectivity index (χ0n) is 19.2. The Morgan fingerprint density at radius 1 is 1.00 bits per heavy atom. The SMILES string of the molecule is CCC(C(=O)Nc1ccc(Oc2cc(-n3nc(C)cc3C)nc(C)n2)cc1)c1ccccc1. The molecule has 0 spiro atoms. The van der Waals surface area contributed by atoms with Crippen LogP contribution in [0.4, 0.5) is 5.69 Å². The summed E-state index contributed by atoms with van der Waals surface area (Å²) in [6.45, 7) is 7.75. The van der Waals surface area contributed by atoms with E-state index in [2.05, 4.69) is 20.4 Å². The fourth-order valence-corrected chi connectivity index (χ4v) is 3.76. The van der Waals surface area contributed by atoms with Gasteiger partial charge in [-0.25, -0.2) is 9.67 Å². The Hall–Kier alpha value is -4.00. The predicted molar refractivity (Wildman–Crippen MR) is 128 cm³/mol. The van der Waals surface area contributed by atoms with E-state index >= 15 is 0 Å². The standard InChI is InChI=1S/C26H27N5O2/c1-5-23(20-9-7-6-8-10-20)26(32)29-21-11-13-22(14-12-21)33-25-16-24(27-19(4)28-25)31-18(3)15-17(2)30-31/h6-16,23H,5H2,1-4H3,(H,29,32). The van der Waals surface area contributed by atoms with Crippen molar-refractivity contribution in [2.75, 3.05) is 5.32 Å². The molecule has 0 bridgehead atoms. The smallest absolute Gasteiger partial charge is 0.231 e. The normalized spacial score (nSPS) is 11.8. The number of ether oxygens (including phenoxy) is 1. The summed E-state index contributed by atoms with van der Waals surface area (Å²) in [6.07, 6.45) is 0.724. The minimum Gasteiger partial charge on any atom is -0.439 e. The first kappa shape index (κ1) is 22.2. The van der Waals surface area contributed by atoms with E-state index in [9.17, 15) is 4.79 Å². The molecule has 1 atom stereocenters. The second-order valence-electron chi connectivity index (χ2n) is 7.94. The van der Waals surface area contributed by atoms with E-state index in [0.717, 1.165) is 23.4 Å². The van der Waals surface area contributed by atoms with Gasteiger partial charge in [0.1, 0.15) is 11.6 Å². The summed E-state index contributed by atoms with van der Waals surface area (Å²) in [5.74, 6) is 2.05. The Balaban J connectivity index is 1.47. The molecule has 2 aromatic carbocycles. The van der Waals surface area contributed by atoms with Gasteiger partial charge in [-0.15, -0.1) is 0 Å². The third kappa shape index (κ3) is 5.26. The van der Waals surface area contributed by atoms with Crippen LogP contribution in [-0.2, 0) is 4.79 Å². The molecule has 7 heteroatoms. The van der Waals surface area contributed by atoms with Crippen molar-refractivity contribution >= 4 is 11.6 Å². The van der Waals surface area contributed by atoms with Gasteiger partial charge in [-0.2, -0.15) is 10.1 Å². The Morgan fingerprint density at radius 3 is 2.36 bits per heavy atom. The largest absolute Gasteiger partial charge is 0.439 e. The highest BCUT2D eigenvalue weighted by Crippen LogP contribution is 2.25. The number of aromatic nitrogens is 4. The molecule has 0 saturated heterocycles. The number of anilines is 1. The summed E-state index contributed by atoms with van der Waals surface area (Å²) in [7, 11) is 0. The minimum atomic E-state index is -0.195. The van der Waals surface area contributed by atoms with E-state index in [4.69, 9.17) is 4.74 Å². The molecule has 0 fully saturated rings. The molecule has 0 aliphatic heterocycles. The maximum Gasteiger partial charge on any atom is 0.231 e. The summed E-state index contributed by atoms with van der Waals surface area (Å²) in [4.78, 5) is 21.7. The van der Waals surface area contributed by atoms with Crippen LogP contribution in [-0.4, -0.2) is 25.7 Å². The molecular weight excluding hydrogens is 414 g/mol. The average Bonchev–Trinajstić information content (AvgIpc) is 3.14. The van der Waals surface area contributed by atoms with Crippen molar-refractivity contribution in [2.45, 2.75) is 40.0 Å². The number of rotatable bonds is 7. The third-order valence-electron chi connectivity index (χ3n) is 5.30. The molecule has 7 nitrogen and oxygen atoms in total. The molecule has 1 amide bonds. The second kappa shape index (κ2) is 9.65. The number of nitrogens with one attached hydrogen (secondary N) is 1. The van der Waals surface area contributed by atoms with Gasteiger partial charge in [0.25, 0.3) is 0 Å². The number of nitrogens with zero attached hydrogens (tertiary/aromatic N) is 4. The lowest BCUT2D eigenvalue weighted by molar-refractivity contribution is -0.117. The summed E-state index contributed by atoms with van der Waals surface area (Å²) in [5, 5.41) is 7.48. The quantitative estimate of drug-likeness (QED) is 0.409. The summed E-state index contributed by atoms with van der Waals surface area (Å²) in [6, 6.07) is 20.8. The maximum absolute atomic E-state index is 12.8. The number of carbonyl (C=O) groups excluding carboxylic acids is 1. The van der Waals surface area contributed by atoms with Gasteiger partial charge in [-0.05, 0) is 63.1 Å². The highest BCUT2D eigenvalue weighted by molar-refractivity contribution is 5.95. The van der Waals surface area contributed by atoms with Crippen LogP contribution in [0.2, 0.25) is 0 Å². The van der Waals surface area contributed by atoms with Crippen molar-refractivity contribution in [1.82, 2.24) is 19.7 Å². The number of amides is 1. The summed E-state index contributed by atoms with van der Waals surface area (Å²) >= 11 is 0. The van der Waals surface area contributed by atoms with Gasteiger partial charge in [-0.3, -0.25) is 4.79 Å². The second-order valence-corrected chi connectivity index (χ2v) is 7.94. The van der Waals surface area contributed by atoms with E-state index in [-0.39, 0.29) is 11.8 Å². The van der Waals surface area contributed by atoms with Crippen LogP contribution in [0.3, 0.4) is 0 Å². The molecule has 2 aromatic heterocycles. The highest BCUT2D eigenvalue weighted by atomic mass is 16.5. The Bertz CT molecular complexity index is 1250. The van der Waals surface area contributed by atoms with E-state index in [0.29, 0.717) is 29.0 Å². The molecule has 2 heterocycles. The lowest BCUT2D eigenvalue weighted by atomic mass is 9.95. The maximum atomic E-state index is 12.8. The van der Waals surface area contributed by atoms with Crippen molar-refractivity contribution in [3.8, 4) is 17.4 Å². The van der Waals surface area contributed by atoms with E-state index in [1.807, 2.05) is 76.2 Å². The van der Waals surface area contributed by atoms with Crippen LogP contribution in [0.25, 0.3) is 5.82 Å². The van der Waals surface area contributed by atoms with Gasteiger partial charge in [0, 0.05) is 17.4 Å². The van der Waals surface area contributed by atoms with E-state index in [1.165, 1.54) is 0 Å². The molecule has 33 heavy (non-hydrogen) atoms. The number of hydrogen-bond acceptors (Lipinski definition) is 5. The van der Waals surface area contributed by atoms with Crippen LogP contribution in [0.15, 0.2) is 66.7 Å². The topological polar surface area (TPSA) is 81.9 Å². The van der Waals surface area contributed by atoms with Crippen LogP contribution in [0.1, 0.15) is 42.0 Å². The van der Waals surface area contributed by atoms with Crippen LogP contribution >= 0.6 is 0 Å². The predicted octanol–water partition coefficient (Wildman–Crippen LogP) is 5.51. The molecule has 4 rings (SSSR count). The van der Waals surface area contributed by atoms with Gasteiger partial charge in [-0.1, -0.05) is 37.3 Å². The average molecular weight is 442 g/mol. The Labute approximate surface area is 193 Å². The molecule has 0 aliphatic rings. The number of aryl methyl sites for hydroxylation is 3. The Kier molecular flexibility index (Phi) is 6.49. The van der Waals surface area contributed by atoms with E-state index < -0.39 is 0 Å². The molecule has 1 N–H and O–H groups in total. The lowest BCUT2D eigenvalue weighted by Crippen LogP contribution is -2.20. The first-order valence-corrected chi connectivity index (χ1v) is 11.0. The fourth-order valence-electron chi connectivity index (χ4n) is 3.76. The fraction of sp³-hybridized carbons (Fsp3) is 0.231. The minimum absolute atomic E-state index is 0.0293. The first-order chi connectivity index (χ1) is 15.9. The monoisotopic (exact) mass is 441 g/mol. The first-order valence-electron chi connectivity index (χ1n) is 11.0. The highest BCUT2D eigenvalue weighted by Gasteiger charge is 2.18. The van der Waals surface area contributed by atoms with Gasteiger partial charge < -0.3 is 10.1 Å². The number of benzene rings is 2. The van der Waals surface area contributed by atoms with Gasteiger partial charge >= 0.3 is 0 Å². The van der Waals surface area contributed by atoms with Crippen LogP contribution < -0.4 is 10.1 Å². The van der Waals surface area contributed by atoms with Crippen molar-refractivity contribution in [2.24, 2.45) is 0 Å². The van der Waals surface area contributed by atoms with Gasteiger partial charge in [0.05, 0.1) is 11.6 Å². The van der Waals surface area contributed by atoms with Gasteiger partial charge in [0.2, 0.25) is 11.8 Å². The van der Waals surface area contributed by atoms with Crippen LogP contribution in [0.5, 0.6) is 11.6 Å². The zero-order valence-corrected chi connectivity index (χ0v) is 19.2. The van der Waals surface area contributed by atoms with Crippen LogP contribution in [0, 0.1) is 20.8 Å². The zero-order chi connectivity index (χ0) is 23.4. The molecular formula is C26H27N5O2.